The van der Waals surface area contributed by atoms with Crippen LogP contribution < -0.4 is 20.1 Å². The highest BCUT2D eigenvalue weighted by Crippen LogP contribution is 2.41. The van der Waals surface area contributed by atoms with Crippen molar-refractivity contribution in [3.05, 3.63) is 202 Å². The Bertz CT molecular complexity index is 3660. The van der Waals surface area contributed by atoms with Crippen LogP contribution in [0.15, 0.2) is 147 Å². The summed E-state index contributed by atoms with van der Waals surface area (Å²) in [6.07, 6.45) is 4.75. The SMILES string of the molecule is C=Cc1ccc(CNC2CC(=O)N(CC(CC)(CC)N3C(=O)c4ccc(Oc5ccc(C(C)(C)c6ccc(Oc7ccc8c(c7)C(=O)N(CC(CC)(CC)N7C(=O)CC(NCc9ccc(C=C)cc9)C7=O)C8=O)cc6)cc5)cc4C3=O)C2=O)cc1. The summed E-state index contributed by atoms with van der Waals surface area (Å²) in [4.78, 5) is 116. The zero-order valence-electron chi connectivity index (χ0n) is 48.9. The molecule has 4 aliphatic heterocycles. The highest BCUT2D eigenvalue weighted by Gasteiger charge is 2.53. The molecule has 16 nitrogen and oxygen atoms in total. The normalized spacial score (nSPS) is 17.2. The van der Waals surface area contributed by atoms with Gasteiger partial charge in [-0.2, -0.15) is 0 Å². The van der Waals surface area contributed by atoms with E-state index in [9.17, 15) is 38.4 Å². The number of amides is 8. The summed E-state index contributed by atoms with van der Waals surface area (Å²) >= 11 is 0. The number of ether oxygens (including phenoxy) is 2. The third kappa shape index (κ3) is 11.1. The van der Waals surface area contributed by atoms with Crippen LogP contribution in [0.3, 0.4) is 0 Å². The second-order valence-corrected chi connectivity index (χ2v) is 22.8. The number of imide groups is 4. The van der Waals surface area contributed by atoms with E-state index in [4.69, 9.17) is 9.47 Å². The Labute approximate surface area is 495 Å². The number of carbonyl (C=O) groups excluding carboxylic acids is 8. The molecule has 2 N–H and O–H groups in total. The lowest BCUT2D eigenvalue weighted by atomic mass is 9.78. The first-order chi connectivity index (χ1) is 40.8. The summed E-state index contributed by atoms with van der Waals surface area (Å²) in [5.74, 6) is -1.82. The maximum atomic E-state index is 14.3. The molecule has 2 fully saturated rings. The monoisotopic (exact) mass is 1140 g/mol. The van der Waals surface area contributed by atoms with Gasteiger partial charge in [0.05, 0.1) is 71.3 Å². The van der Waals surface area contributed by atoms with Crippen LogP contribution in [0, 0.1) is 0 Å². The van der Waals surface area contributed by atoms with E-state index in [0.717, 1.165) is 38.3 Å². The second-order valence-electron chi connectivity index (χ2n) is 22.8. The maximum Gasteiger partial charge on any atom is 0.262 e. The number of likely N-dealkylation sites (tertiary alicyclic amines) is 2. The van der Waals surface area contributed by atoms with Gasteiger partial charge in [-0.1, -0.05) is 140 Å². The van der Waals surface area contributed by atoms with Crippen LogP contribution in [0.5, 0.6) is 23.0 Å². The van der Waals surface area contributed by atoms with Gasteiger partial charge in [0.25, 0.3) is 23.6 Å². The van der Waals surface area contributed by atoms with Crippen molar-refractivity contribution in [3.63, 3.8) is 0 Å². The van der Waals surface area contributed by atoms with Crippen molar-refractivity contribution in [2.75, 3.05) is 13.1 Å². The molecule has 0 aliphatic carbocycles. The van der Waals surface area contributed by atoms with Crippen LogP contribution in [-0.2, 0) is 37.7 Å². The molecule has 2 unspecified atom stereocenters. The molecule has 10 rings (SSSR count). The lowest BCUT2D eigenvalue weighted by molar-refractivity contribution is -0.147. The molecular formula is C69H70N6O10. The van der Waals surface area contributed by atoms with Gasteiger partial charge in [-0.05, 0) is 120 Å². The summed E-state index contributed by atoms with van der Waals surface area (Å²) < 4.78 is 12.5. The Balaban J connectivity index is 0.753. The van der Waals surface area contributed by atoms with Crippen molar-refractivity contribution in [1.82, 2.24) is 30.2 Å². The van der Waals surface area contributed by atoms with E-state index in [1.165, 1.54) is 14.7 Å². The number of carbonyl (C=O) groups is 8. The molecule has 6 aromatic carbocycles. The van der Waals surface area contributed by atoms with Gasteiger partial charge in [-0.15, -0.1) is 0 Å². The lowest BCUT2D eigenvalue weighted by Crippen LogP contribution is -2.59. The van der Waals surface area contributed by atoms with Crippen LogP contribution in [0.2, 0.25) is 0 Å². The van der Waals surface area contributed by atoms with Crippen molar-refractivity contribution in [1.29, 1.82) is 0 Å². The Morgan fingerprint density at radius 1 is 0.459 bits per heavy atom. The molecule has 85 heavy (non-hydrogen) atoms. The molecule has 436 valence electrons. The predicted molar refractivity (Wildman–Crippen MR) is 323 cm³/mol. The Hall–Kier alpha value is -9.12. The minimum atomic E-state index is -1.14. The first-order valence-electron chi connectivity index (χ1n) is 29.0. The van der Waals surface area contributed by atoms with Crippen LogP contribution >= 0.6 is 0 Å². The Morgan fingerprint density at radius 3 is 1.32 bits per heavy atom. The summed E-state index contributed by atoms with van der Waals surface area (Å²) in [5, 5.41) is 6.45. The van der Waals surface area contributed by atoms with Gasteiger partial charge in [0.15, 0.2) is 0 Å². The first kappa shape index (κ1) is 59.1. The average Bonchev–Trinajstić information content (AvgIpc) is 2.63. The van der Waals surface area contributed by atoms with Crippen molar-refractivity contribution >= 4 is 59.4 Å². The molecule has 16 heteroatoms. The van der Waals surface area contributed by atoms with Crippen LogP contribution in [-0.4, -0.2) is 103 Å². The smallest absolute Gasteiger partial charge is 0.262 e. The highest BCUT2D eigenvalue weighted by molar-refractivity contribution is 6.23. The molecule has 0 aromatic heterocycles. The summed E-state index contributed by atoms with van der Waals surface area (Å²) in [5.41, 5.74) is 3.83. The number of hydrogen-bond acceptors (Lipinski definition) is 12. The highest BCUT2D eigenvalue weighted by atomic mass is 16.5. The maximum absolute atomic E-state index is 14.3. The quantitative estimate of drug-likeness (QED) is 0.0546. The third-order valence-corrected chi connectivity index (χ3v) is 17.8. The molecule has 2 saturated heterocycles. The van der Waals surface area contributed by atoms with E-state index in [-0.39, 0.29) is 71.8 Å². The number of rotatable bonds is 24. The summed E-state index contributed by atoms with van der Waals surface area (Å²) in [6.45, 7) is 19.7. The topological polar surface area (TPSA) is 192 Å². The van der Waals surface area contributed by atoms with Gasteiger partial charge in [-0.25, -0.2) is 0 Å². The van der Waals surface area contributed by atoms with Crippen LogP contribution in [0.1, 0.15) is 155 Å². The van der Waals surface area contributed by atoms with Crippen LogP contribution in [0.4, 0.5) is 0 Å². The van der Waals surface area contributed by atoms with E-state index >= 15 is 0 Å². The van der Waals surface area contributed by atoms with Crippen molar-refractivity contribution < 1.29 is 47.8 Å². The van der Waals surface area contributed by atoms with Gasteiger partial charge in [0.2, 0.25) is 23.6 Å². The second kappa shape index (κ2) is 23.9. The van der Waals surface area contributed by atoms with Gasteiger partial charge in [0, 0.05) is 18.5 Å². The molecule has 4 heterocycles. The largest absolute Gasteiger partial charge is 0.457 e. The van der Waals surface area contributed by atoms with Gasteiger partial charge < -0.3 is 20.1 Å². The minimum absolute atomic E-state index is 0.0270. The molecular weight excluding hydrogens is 1070 g/mol. The fourth-order valence-electron chi connectivity index (χ4n) is 12.1. The van der Waals surface area contributed by atoms with Crippen LogP contribution in [0.25, 0.3) is 12.2 Å². The van der Waals surface area contributed by atoms with Crippen molar-refractivity contribution in [2.45, 2.75) is 122 Å². The number of nitrogens with one attached hydrogen (secondary N) is 2. The van der Waals surface area contributed by atoms with E-state index in [1.54, 1.807) is 48.6 Å². The predicted octanol–water partition coefficient (Wildman–Crippen LogP) is 11.0. The lowest BCUT2D eigenvalue weighted by Gasteiger charge is -2.41. The molecule has 0 spiro atoms. The fourth-order valence-corrected chi connectivity index (χ4v) is 12.1. The van der Waals surface area contributed by atoms with Gasteiger partial charge in [-0.3, -0.25) is 58.0 Å². The fraction of sp³-hybridized carbons (Fsp3) is 0.304. The Morgan fingerprint density at radius 2 is 0.847 bits per heavy atom. The molecule has 0 saturated carbocycles. The average molecular weight is 1140 g/mol. The zero-order chi connectivity index (χ0) is 60.5. The summed E-state index contributed by atoms with van der Waals surface area (Å²) in [7, 11) is 0. The number of nitrogens with zero attached hydrogens (tertiary/aromatic N) is 4. The molecule has 4 aliphatic rings. The molecule has 0 radical (unpaired) electrons. The van der Waals surface area contributed by atoms with E-state index in [2.05, 4.69) is 37.6 Å². The number of fused-ring (bicyclic) bond motifs is 2. The third-order valence-electron chi connectivity index (χ3n) is 17.8. The molecule has 2 atom stereocenters. The van der Waals surface area contributed by atoms with Crippen molar-refractivity contribution in [2.24, 2.45) is 0 Å². The van der Waals surface area contributed by atoms with Crippen molar-refractivity contribution in [3.8, 4) is 23.0 Å². The molecule has 0 bridgehead atoms. The van der Waals surface area contributed by atoms with Gasteiger partial charge in [0.1, 0.15) is 23.0 Å². The van der Waals surface area contributed by atoms with E-state index < -0.39 is 52.2 Å². The van der Waals surface area contributed by atoms with E-state index in [1.807, 2.05) is 125 Å². The van der Waals surface area contributed by atoms with Gasteiger partial charge >= 0.3 is 0 Å². The zero-order valence-corrected chi connectivity index (χ0v) is 48.9. The Kier molecular flexibility index (Phi) is 16.6. The standard InChI is InChI=1S/C69H70N6O10/c1-9-43-15-19-45(20-16-43)39-70-57-37-59(76)72(65(57)82)41-69(13-5,14-6)75-63(80)54-34-32-52(36-56(54)64(75)81)85-50-29-25-48(26-30-50)67(7,8)47-23-27-49(28-24-47)84-51-31-33-53-55(35-51)62(79)73(61(53)78)42-68(11-3,12-4)74-60(77)38-58(66(74)83)71-40-46-21-17-44(10-2)18-22-46/h9-10,15-36,57-58,70-71H,1-2,11-14,37-42H2,3-8H3. The molecule has 8 amide bonds. The number of benzene rings is 6. The van der Waals surface area contributed by atoms with E-state index in [0.29, 0.717) is 61.8 Å². The molecule has 6 aromatic rings. The summed E-state index contributed by atoms with van der Waals surface area (Å²) in [6, 6.07) is 38.7. The minimum Gasteiger partial charge on any atom is -0.457 e. The number of hydrogen-bond donors (Lipinski definition) is 2. The first-order valence-corrected chi connectivity index (χ1v) is 29.0.